The Morgan fingerprint density at radius 2 is 1.39 bits per heavy atom. The third-order valence-corrected chi connectivity index (χ3v) is 10.4. The molecule has 4 aliphatic heterocycles. The summed E-state index contributed by atoms with van der Waals surface area (Å²) in [5.74, 6) is -3.09. The molecule has 2 aromatic rings. The number of halogens is 8. The van der Waals surface area contributed by atoms with E-state index in [0.29, 0.717) is 69.9 Å². The fraction of sp³-hybridized carbons (Fsp3) is 0.588. The van der Waals surface area contributed by atoms with Gasteiger partial charge in [0.05, 0.1) is 23.7 Å². The van der Waals surface area contributed by atoms with Gasteiger partial charge in [0.2, 0.25) is 5.91 Å². The van der Waals surface area contributed by atoms with Crippen LogP contribution in [-0.4, -0.2) is 109 Å². The van der Waals surface area contributed by atoms with E-state index in [2.05, 4.69) is 9.80 Å². The maximum atomic E-state index is 14.1. The topological polar surface area (TPSA) is 56.3 Å². The summed E-state index contributed by atoms with van der Waals surface area (Å²) in [4.78, 5) is 34.4. The second-order valence-electron chi connectivity index (χ2n) is 13.4. The van der Waals surface area contributed by atoms with Crippen molar-refractivity contribution < 1.29 is 49.4 Å². The molecule has 6 rings (SSSR count). The molecule has 49 heavy (non-hydrogen) atoms. The van der Waals surface area contributed by atoms with Gasteiger partial charge >= 0.3 is 12.4 Å². The van der Waals surface area contributed by atoms with Crippen LogP contribution in [0.5, 0.6) is 0 Å². The van der Waals surface area contributed by atoms with Crippen molar-refractivity contribution in [3.05, 3.63) is 70.3 Å². The standard InChI is InChI=1S/C34H38F8N4O3/c35-29-2-1-21(14-30(29)36)13-28-18-26(4-7-46(28)32(48)23-15-24(33(37,38)39)17-25(16-23)34(40,41)42)43-8-10-44(11-9-43)27-3-6-45(19-27)31(47)22-5-12-49-20-22/h1-2,14-17,22,26-28H,3-13,18-20H2/t22?,26-,27+,28+/m1/s1. The summed E-state index contributed by atoms with van der Waals surface area (Å²) < 4.78 is 115. The third-order valence-electron chi connectivity index (χ3n) is 10.4. The molecule has 4 fully saturated rings. The molecule has 0 N–H and O–H groups in total. The van der Waals surface area contributed by atoms with E-state index in [9.17, 15) is 44.7 Å². The zero-order chi connectivity index (χ0) is 35.1. The number of benzene rings is 2. The normalized spacial score (nSPS) is 26.0. The highest BCUT2D eigenvalue weighted by Gasteiger charge is 2.41. The number of alkyl halides is 6. The second kappa shape index (κ2) is 14.1. The quantitative estimate of drug-likeness (QED) is 0.374. The number of carbonyl (C=O) groups is 2. The Balaban J connectivity index is 1.15. The average molecular weight is 703 g/mol. The second-order valence-corrected chi connectivity index (χ2v) is 13.4. The number of piperazine rings is 1. The molecular weight excluding hydrogens is 664 g/mol. The summed E-state index contributed by atoms with van der Waals surface area (Å²) in [5, 5.41) is 0. The first-order valence-electron chi connectivity index (χ1n) is 16.6. The van der Waals surface area contributed by atoms with Crippen LogP contribution in [0.4, 0.5) is 35.1 Å². The van der Waals surface area contributed by atoms with Crippen molar-refractivity contribution >= 4 is 11.8 Å². The van der Waals surface area contributed by atoms with Gasteiger partial charge in [0.25, 0.3) is 5.91 Å². The van der Waals surface area contributed by atoms with Crippen molar-refractivity contribution in [1.82, 2.24) is 19.6 Å². The zero-order valence-corrected chi connectivity index (χ0v) is 26.7. The van der Waals surface area contributed by atoms with Crippen LogP contribution in [0.25, 0.3) is 0 Å². The van der Waals surface area contributed by atoms with E-state index >= 15 is 0 Å². The van der Waals surface area contributed by atoms with Gasteiger partial charge in [-0.15, -0.1) is 0 Å². The van der Waals surface area contributed by atoms with Crippen molar-refractivity contribution in [2.75, 3.05) is 59.0 Å². The van der Waals surface area contributed by atoms with Gasteiger partial charge in [-0.05, 0) is 68.0 Å². The van der Waals surface area contributed by atoms with Gasteiger partial charge in [0, 0.05) is 76.1 Å². The van der Waals surface area contributed by atoms with Gasteiger partial charge in [0.1, 0.15) is 0 Å². The van der Waals surface area contributed by atoms with E-state index in [1.54, 1.807) is 0 Å². The summed E-state index contributed by atoms with van der Waals surface area (Å²) in [7, 11) is 0. The van der Waals surface area contributed by atoms with E-state index in [4.69, 9.17) is 4.74 Å². The first-order chi connectivity index (χ1) is 23.2. The van der Waals surface area contributed by atoms with Crippen LogP contribution < -0.4 is 0 Å². The van der Waals surface area contributed by atoms with E-state index in [1.165, 1.54) is 11.0 Å². The highest BCUT2D eigenvalue weighted by atomic mass is 19.4. The molecule has 15 heteroatoms. The Morgan fingerprint density at radius 3 is 1.98 bits per heavy atom. The number of carbonyl (C=O) groups excluding carboxylic acids is 2. The number of likely N-dealkylation sites (tertiary alicyclic amines) is 2. The van der Waals surface area contributed by atoms with Gasteiger partial charge in [-0.1, -0.05) is 6.07 Å². The Kier molecular flexibility index (Phi) is 10.3. The third kappa shape index (κ3) is 8.04. The minimum Gasteiger partial charge on any atom is -0.381 e. The van der Waals surface area contributed by atoms with Crippen LogP contribution in [-0.2, 0) is 28.3 Å². The monoisotopic (exact) mass is 702 g/mol. The predicted molar refractivity (Wildman–Crippen MR) is 161 cm³/mol. The Morgan fingerprint density at radius 1 is 0.755 bits per heavy atom. The smallest absolute Gasteiger partial charge is 0.381 e. The number of hydrogen-bond donors (Lipinski definition) is 0. The minimum atomic E-state index is -5.12. The largest absolute Gasteiger partial charge is 0.416 e. The summed E-state index contributed by atoms with van der Waals surface area (Å²) >= 11 is 0. The molecule has 1 unspecified atom stereocenters. The molecule has 4 heterocycles. The Labute approximate surface area is 278 Å². The zero-order valence-electron chi connectivity index (χ0n) is 26.7. The first-order valence-corrected chi connectivity index (χ1v) is 16.6. The van der Waals surface area contributed by atoms with Crippen LogP contribution in [0.15, 0.2) is 36.4 Å². The number of rotatable bonds is 6. The molecule has 0 aliphatic carbocycles. The number of piperidine rings is 1. The van der Waals surface area contributed by atoms with Gasteiger partial charge in [-0.2, -0.15) is 26.3 Å². The highest BCUT2D eigenvalue weighted by molar-refractivity contribution is 5.95. The number of nitrogens with zero attached hydrogens (tertiary/aromatic N) is 4. The molecule has 2 amide bonds. The van der Waals surface area contributed by atoms with Crippen LogP contribution >= 0.6 is 0 Å². The molecule has 0 aromatic heterocycles. The molecular formula is C34H38F8N4O3. The SMILES string of the molecule is O=C(C1CCOC1)N1CC[C@H](N2CCN([C@@H]3CCN(C(=O)c4cc(C(F)(F)F)cc(C(F)(F)F)c4)[C@@H](Cc4ccc(F)c(F)c4)C3)CC2)C1. The Bertz CT molecular complexity index is 1490. The molecule has 4 aliphatic rings. The lowest BCUT2D eigenvalue weighted by atomic mass is 9.90. The van der Waals surface area contributed by atoms with Gasteiger partial charge in [-0.3, -0.25) is 19.4 Å². The molecule has 2 aromatic carbocycles. The van der Waals surface area contributed by atoms with Crippen molar-refractivity contribution in [2.24, 2.45) is 5.92 Å². The number of hydrogen-bond acceptors (Lipinski definition) is 5. The van der Waals surface area contributed by atoms with E-state index in [-0.39, 0.29) is 42.9 Å². The fourth-order valence-electron chi connectivity index (χ4n) is 7.70. The van der Waals surface area contributed by atoms with E-state index in [1.807, 2.05) is 4.90 Å². The number of amides is 2. The lowest BCUT2D eigenvalue weighted by Gasteiger charge is -2.47. The van der Waals surface area contributed by atoms with Crippen molar-refractivity contribution in [2.45, 2.75) is 62.6 Å². The summed E-state index contributed by atoms with van der Waals surface area (Å²) in [6.45, 7) is 5.38. The van der Waals surface area contributed by atoms with Gasteiger partial charge in [-0.25, -0.2) is 8.78 Å². The van der Waals surface area contributed by atoms with E-state index < -0.39 is 52.6 Å². The summed E-state index contributed by atoms with van der Waals surface area (Å²) in [6.07, 6.45) is -7.81. The van der Waals surface area contributed by atoms with Crippen molar-refractivity contribution in [3.63, 3.8) is 0 Å². The predicted octanol–water partition coefficient (Wildman–Crippen LogP) is 5.47. The Hall–Kier alpha value is -3.30. The average Bonchev–Trinajstić information content (AvgIpc) is 3.79. The van der Waals surface area contributed by atoms with E-state index in [0.717, 1.165) is 38.1 Å². The molecule has 0 bridgehead atoms. The highest BCUT2D eigenvalue weighted by Crippen LogP contribution is 2.37. The van der Waals surface area contributed by atoms with Crippen LogP contribution in [0.2, 0.25) is 0 Å². The fourth-order valence-corrected chi connectivity index (χ4v) is 7.70. The molecule has 268 valence electrons. The van der Waals surface area contributed by atoms with Crippen LogP contribution in [0.1, 0.15) is 52.7 Å². The minimum absolute atomic E-state index is 0.0208. The maximum Gasteiger partial charge on any atom is 0.416 e. The lowest BCUT2D eigenvalue weighted by molar-refractivity contribution is -0.143. The van der Waals surface area contributed by atoms with Crippen molar-refractivity contribution in [1.29, 1.82) is 0 Å². The number of ether oxygens (including phenoxy) is 1. The molecule has 0 radical (unpaired) electrons. The van der Waals surface area contributed by atoms with Gasteiger partial charge in [0.15, 0.2) is 11.6 Å². The maximum absolute atomic E-state index is 14.1. The van der Waals surface area contributed by atoms with Gasteiger partial charge < -0.3 is 14.5 Å². The molecule has 0 spiro atoms. The molecule has 0 saturated carbocycles. The lowest BCUT2D eigenvalue weighted by Crippen LogP contribution is -2.58. The molecule has 7 nitrogen and oxygen atoms in total. The van der Waals surface area contributed by atoms with Crippen molar-refractivity contribution in [3.8, 4) is 0 Å². The first kappa shape index (κ1) is 35.5. The van der Waals surface area contributed by atoms with Crippen LogP contribution in [0, 0.1) is 17.6 Å². The molecule has 4 atom stereocenters. The van der Waals surface area contributed by atoms with Crippen LogP contribution in [0.3, 0.4) is 0 Å². The summed E-state index contributed by atoms with van der Waals surface area (Å²) in [5.41, 5.74) is -3.57. The summed E-state index contributed by atoms with van der Waals surface area (Å²) in [6, 6.07) is 3.60. The molecule has 4 saturated heterocycles.